The largest absolute Gasteiger partial charge is 0.469 e. The minimum Gasteiger partial charge on any atom is -0.469 e. The smallest absolute Gasteiger partial charge is 0.105 e. The van der Waals surface area contributed by atoms with Gasteiger partial charge in [-0.2, -0.15) is 0 Å². The third-order valence-electron chi connectivity index (χ3n) is 2.64. The fourth-order valence-electron chi connectivity index (χ4n) is 1.93. The summed E-state index contributed by atoms with van der Waals surface area (Å²) < 4.78 is 5.40. The van der Waals surface area contributed by atoms with E-state index in [4.69, 9.17) is 4.42 Å². The zero-order valence-corrected chi connectivity index (χ0v) is 11.1. The highest BCUT2D eigenvalue weighted by atomic mass is 32.1. The first kappa shape index (κ1) is 12.3. The van der Waals surface area contributed by atoms with Gasteiger partial charge in [0.2, 0.25) is 0 Å². The second-order valence-corrected chi connectivity index (χ2v) is 5.16. The summed E-state index contributed by atoms with van der Waals surface area (Å²) in [6.07, 6.45) is 3.60. The lowest BCUT2D eigenvalue weighted by atomic mass is 10.1. The molecule has 2 heterocycles. The normalized spacial score (nSPS) is 12.8. The van der Waals surface area contributed by atoms with Gasteiger partial charge >= 0.3 is 0 Å². The van der Waals surface area contributed by atoms with E-state index in [0.717, 1.165) is 30.2 Å². The van der Waals surface area contributed by atoms with E-state index < -0.39 is 0 Å². The lowest BCUT2D eigenvalue weighted by Gasteiger charge is -2.15. The Hall–Kier alpha value is -1.13. The average Bonchev–Trinajstić information content (AvgIpc) is 2.91. The molecule has 2 aromatic rings. The monoisotopic (exact) mass is 250 g/mol. The highest BCUT2D eigenvalue weighted by molar-refractivity contribution is 7.09. The lowest BCUT2D eigenvalue weighted by Crippen LogP contribution is -2.33. The van der Waals surface area contributed by atoms with E-state index in [1.807, 2.05) is 19.1 Å². The standard InChI is InChI=1S/C13H18N2OS/c1-3-14-11(8-13-5-4-6-16-13)7-12-9-17-10(2)15-12/h4-6,9,11,14H,3,7-8H2,1-2H3. The molecule has 0 aliphatic heterocycles. The van der Waals surface area contributed by atoms with Gasteiger partial charge in [-0.25, -0.2) is 4.98 Å². The summed E-state index contributed by atoms with van der Waals surface area (Å²) in [6.45, 7) is 5.14. The molecule has 0 amide bonds. The van der Waals surface area contributed by atoms with Crippen LogP contribution in [0.1, 0.15) is 23.4 Å². The van der Waals surface area contributed by atoms with Gasteiger partial charge in [0.1, 0.15) is 5.76 Å². The Morgan fingerprint density at radius 1 is 1.47 bits per heavy atom. The summed E-state index contributed by atoms with van der Waals surface area (Å²) >= 11 is 1.71. The quantitative estimate of drug-likeness (QED) is 0.856. The van der Waals surface area contributed by atoms with E-state index in [1.165, 1.54) is 5.69 Å². The second-order valence-electron chi connectivity index (χ2n) is 4.10. The molecule has 2 aromatic heterocycles. The Morgan fingerprint density at radius 3 is 2.94 bits per heavy atom. The van der Waals surface area contributed by atoms with E-state index >= 15 is 0 Å². The highest BCUT2D eigenvalue weighted by Crippen LogP contribution is 2.12. The highest BCUT2D eigenvalue weighted by Gasteiger charge is 2.12. The van der Waals surface area contributed by atoms with Crippen LogP contribution in [0.2, 0.25) is 0 Å². The van der Waals surface area contributed by atoms with Crippen LogP contribution in [0.25, 0.3) is 0 Å². The Balaban J connectivity index is 1.97. The third kappa shape index (κ3) is 3.68. The molecule has 0 fully saturated rings. The first-order valence-corrected chi connectivity index (χ1v) is 6.82. The first-order valence-electron chi connectivity index (χ1n) is 5.94. The Labute approximate surface area is 106 Å². The number of nitrogens with zero attached hydrogens (tertiary/aromatic N) is 1. The summed E-state index contributed by atoms with van der Waals surface area (Å²) in [6, 6.07) is 4.36. The molecular weight excluding hydrogens is 232 g/mol. The minimum absolute atomic E-state index is 0.396. The molecule has 0 saturated heterocycles. The van der Waals surface area contributed by atoms with Crippen LogP contribution in [0, 0.1) is 6.92 Å². The number of likely N-dealkylation sites (N-methyl/N-ethyl adjacent to an activating group) is 1. The molecule has 92 valence electrons. The Bertz CT molecular complexity index is 436. The molecule has 3 nitrogen and oxygen atoms in total. The van der Waals surface area contributed by atoms with Gasteiger partial charge in [-0.15, -0.1) is 11.3 Å². The van der Waals surface area contributed by atoms with E-state index in [-0.39, 0.29) is 0 Å². The predicted octanol–water partition coefficient (Wildman–Crippen LogP) is 2.81. The van der Waals surface area contributed by atoms with Crippen molar-refractivity contribution in [3.63, 3.8) is 0 Å². The van der Waals surface area contributed by atoms with Gasteiger partial charge in [-0.3, -0.25) is 0 Å². The molecule has 0 aliphatic carbocycles. The maximum atomic E-state index is 5.40. The molecular formula is C13H18N2OS. The number of furan rings is 1. The summed E-state index contributed by atoms with van der Waals surface area (Å²) in [5.41, 5.74) is 1.17. The SMILES string of the molecule is CCNC(Cc1csc(C)n1)Cc1ccco1. The molecule has 4 heteroatoms. The van der Waals surface area contributed by atoms with Gasteiger partial charge in [0, 0.05) is 24.3 Å². The van der Waals surface area contributed by atoms with Gasteiger partial charge in [-0.05, 0) is 25.6 Å². The van der Waals surface area contributed by atoms with Crippen molar-refractivity contribution in [3.05, 3.63) is 40.2 Å². The molecule has 0 aliphatic rings. The molecule has 0 radical (unpaired) electrons. The van der Waals surface area contributed by atoms with Crippen molar-refractivity contribution in [1.29, 1.82) is 0 Å². The Morgan fingerprint density at radius 2 is 2.35 bits per heavy atom. The van der Waals surface area contributed by atoms with Crippen molar-refractivity contribution < 1.29 is 4.42 Å². The fourth-order valence-corrected chi connectivity index (χ4v) is 2.56. The first-order chi connectivity index (χ1) is 8.28. The van der Waals surface area contributed by atoms with Crippen LogP contribution in [-0.4, -0.2) is 17.6 Å². The zero-order valence-electron chi connectivity index (χ0n) is 10.3. The van der Waals surface area contributed by atoms with Gasteiger partial charge in [0.25, 0.3) is 0 Å². The van der Waals surface area contributed by atoms with Crippen LogP contribution in [0.3, 0.4) is 0 Å². The maximum absolute atomic E-state index is 5.40. The molecule has 1 N–H and O–H groups in total. The van der Waals surface area contributed by atoms with Crippen LogP contribution >= 0.6 is 11.3 Å². The molecule has 0 aromatic carbocycles. The van der Waals surface area contributed by atoms with Crippen molar-refractivity contribution in [2.75, 3.05) is 6.54 Å². The number of rotatable bonds is 6. The van der Waals surface area contributed by atoms with E-state index in [9.17, 15) is 0 Å². The third-order valence-corrected chi connectivity index (χ3v) is 3.46. The predicted molar refractivity (Wildman–Crippen MR) is 70.4 cm³/mol. The lowest BCUT2D eigenvalue weighted by molar-refractivity contribution is 0.443. The van der Waals surface area contributed by atoms with Gasteiger partial charge < -0.3 is 9.73 Å². The van der Waals surface area contributed by atoms with E-state index in [1.54, 1.807) is 17.6 Å². The second kappa shape index (κ2) is 5.98. The van der Waals surface area contributed by atoms with Gasteiger partial charge in [0.15, 0.2) is 0 Å². The molecule has 0 spiro atoms. The summed E-state index contributed by atoms with van der Waals surface area (Å²) in [4.78, 5) is 4.51. The van der Waals surface area contributed by atoms with Crippen molar-refractivity contribution in [2.24, 2.45) is 0 Å². The zero-order chi connectivity index (χ0) is 12.1. The Kier molecular flexibility index (Phi) is 4.34. The van der Waals surface area contributed by atoms with Crippen LogP contribution < -0.4 is 5.32 Å². The van der Waals surface area contributed by atoms with Gasteiger partial charge in [0.05, 0.1) is 17.0 Å². The van der Waals surface area contributed by atoms with Crippen LogP contribution in [0.5, 0.6) is 0 Å². The fraction of sp³-hybridized carbons (Fsp3) is 0.462. The summed E-state index contributed by atoms with van der Waals surface area (Å²) in [5, 5.41) is 6.76. The molecule has 1 atom stereocenters. The van der Waals surface area contributed by atoms with Crippen molar-refractivity contribution in [2.45, 2.75) is 32.7 Å². The van der Waals surface area contributed by atoms with E-state index in [0.29, 0.717) is 6.04 Å². The van der Waals surface area contributed by atoms with Crippen LogP contribution in [-0.2, 0) is 12.8 Å². The van der Waals surface area contributed by atoms with Crippen molar-refractivity contribution in [1.82, 2.24) is 10.3 Å². The molecule has 0 saturated carbocycles. The van der Waals surface area contributed by atoms with Crippen molar-refractivity contribution >= 4 is 11.3 Å². The van der Waals surface area contributed by atoms with Crippen LogP contribution in [0.4, 0.5) is 0 Å². The topological polar surface area (TPSA) is 38.1 Å². The van der Waals surface area contributed by atoms with Crippen LogP contribution in [0.15, 0.2) is 28.2 Å². The molecule has 1 unspecified atom stereocenters. The number of thiazole rings is 1. The van der Waals surface area contributed by atoms with Crippen molar-refractivity contribution in [3.8, 4) is 0 Å². The van der Waals surface area contributed by atoms with E-state index in [2.05, 4.69) is 22.6 Å². The summed E-state index contributed by atoms with van der Waals surface area (Å²) in [5.74, 6) is 1.03. The molecule has 0 bridgehead atoms. The molecule has 17 heavy (non-hydrogen) atoms. The summed E-state index contributed by atoms with van der Waals surface area (Å²) in [7, 11) is 0. The molecule has 2 rings (SSSR count). The number of nitrogens with one attached hydrogen (secondary N) is 1. The average molecular weight is 250 g/mol. The maximum Gasteiger partial charge on any atom is 0.105 e. The number of aryl methyl sites for hydroxylation is 1. The number of aromatic nitrogens is 1. The minimum atomic E-state index is 0.396. The van der Waals surface area contributed by atoms with Gasteiger partial charge in [-0.1, -0.05) is 6.92 Å². The number of hydrogen-bond acceptors (Lipinski definition) is 4. The number of hydrogen-bond donors (Lipinski definition) is 1.